The number of rotatable bonds is 2. The van der Waals surface area contributed by atoms with E-state index in [0.717, 1.165) is 0 Å². The van der Waals surface area contributed by atoms with E-state index in [1.165, 1.54) is 19.2 Å². The van der Waals surface area contributed by atoms with Crippen molar-refractivity contribution in [2.45, 2.75) is 0 Å². The summed E-state index contributed by atoms with van der Waals surface area (Å²) in [4.78, 5) is 22.2. The van der Waals surface area contributed by atoms with Crippen LogP contribution in [0.3, 0.4) is 0 Å². The SMILES string of the molecule is [2H]OC(=O)c1ccccc1C(=O)OC. The van der Waals surface area contributed by atoms with Crippen molar-refractivity contribution in [3.63, 3.8) is 0 Å². The van der Waals surface area contributed by atoms with Gasteiger partial charge < -0.3 is 9.85 Å². The molecule has 0 amide bonds. The Labute approximate surface area is 76.2 Å². The highest BCUT2D eigenvalue weighted by Crippen LogP contribution is 2.09. The van der Waals surface area contributed by atoms with E-state index < -0.39 is 11.9 Å². The minimum absolute atomic E-state index is 0.0225. The highest BCUT2D eigenvalue weighted by Gasteiger charge is 2.15. The van der Waals surface area contributed by atoms with Crippen LogP contribution >= 0.6 is 0 Å². The first kappa shape index (κ1) is 7.79. The van der Waals surface area contributed by atoms with E-state index in [-0.39, 0.29) is 11.1 Å². The molecule has 1 aromatic rings. The van der Waals surface area contributed by atoms with Crippen LogP contribution < -0.4 is 0 Å². The van der Waals surface area contributed by atoms with Gasteiger partial charge in [-0.25, -0.2) is 9.59 Å². The molecule has 68 valence electrons. The molecule has 0 saturated carbocycles. The molecule has 1 rings (SSSR count). The van der Waals surface area contributed by atoms with Gasteiger partial charge in [0.15, 0.2) is 0 Å². The quantitative estimate of drug-likeness (QED) is 0.695. The van der Waals surface area contributed by atoms with Crippen molar-refractivity contribution in [3.05, 3.63) is 35.4 Å². The van der Waals surface area contributed by atoms with Gasteiger partial charge in [0.05, 0.1) is 18.2 Å². The van der Waals surface area contributed by atoms with Crippen LogP contribution in [0.15, 0.2) is 24.3 Å². The van der Waals surface area contributed by atoms with Gasteiger partial charge in [0.25, 0.3) is 1.43 Å². The number of ether oxygens (including phenoxy) is 1. The van der Waals surface area contributed by atoms with E-state index in [9.17, 15) is 9.59 Å². The standard InChI is InChI=1S/C9H8O4/c1-13-9(12)7-5-3-2-4-6(7)8(10)11/h2-5H,1H3,(H,10,11)/i/hD. The first-order valence-corrected chi connectivity index (χ1v) is 3.55. The number of carbonyl (C=O) groups excluding carboxylic acids is 1. The molecule has 1 aromatic carbocycles. The second-order valence-electron chi connectivity index (χ2n) is 2.32. The maximum absolute atomic E-state index is 11.2. The number of carboxylic acid groups (broad SMARTS) is 1. The smallest absolute Gasteiger partial charge is 0.338 e. The third-order valence-electron chi connectivity index (χ3n) is 1.55. The fourth-order valence-electron chi connectivity index (χ4n) is 0.949. The molecule has 0 radical (unpaired) electrons. The van der Waals surface area contributed by atoms with Gasteiger partial charge >= 0.3 is 11.9 Å². The lowest BCUT2D eigenvalue weighted by Gasteiger charge is -2.02. The zero-order chi connectivity index (χ0) is 10.6. The van der Waals surface area contributed by atoms with Crippen LogP contribution in [-0.2, 0) is 4.74 Å². The molecular formula is C9H8O4. The summed E-state index contributed by atoms with van der Waals surface area (Å²) in [5.41, 5.74) is 0.113. The Morgan fingerprint density at radius 3 is 2.54 bits per heavy atom. The molecule has 4 heteroatoms. The molecule has 0 aliphatic carbocycles. The molecule has 13 heavy (non-hydrogen) atoms. The fourth-order valence-corrected chi connectivity index (χ4v) is 0.949. The van der Waals surface area contributed by atoms with Crippen molar-refractivity contribution >= 4 is 11.9 Å². The number of aromatic carboxylic acids is 1. The lowest BCUT2D eigenvalue weighted by molar-refractivity contribution is 0.0582. The lowest BCUT2D eigenvalue weighted by Crippen LogP contribution is -2.09. The van der Waals surface area contributed by atoms with Gasteiger partial charge in [-0.1, -0.05) is 12.1 Å². The number of benzene rings is 1. The fraction of sp³-hybridized carbons (Fsp3) is 0.111. The third kappa shape index (κ3) is 1.84. The van der Waals surface area contributed by atoms with Crippen molar-refractivity contribution < 1.29 is 19.4 Å². The Kier molecular flexibility index (Phi) is 2.22. The van der Waals surface area contributed by atoms with E-state index >= 15 is 0 Å². The monoisotopic (exact) mass is 181 g/mol. The Balaban J connectivity index is 3.15. The molecule has 0 unspecified atom stereocenters. The van der Waals surface area contributed by atoms with Crippen molar-refractivity contribution in [1.29, 1.82) is 1.43 Å². The molecule has 0 heterocycles. The molecule has 0 aromatic heterocycles. The van der Waals surface area contributed by atoms with Crippen LogP contribution in [0.2, 0.25) is 0 Å². The minimum Gasteiger partial charge on any atom is -0.478 e. The molecular weight excluding hydrogens is 172 g/mol. The van der Waals surface area contributed by atoms with Crippen LogP contribution in [-0.4, -0.2) is 24.2 Å². The van der Waals surface area contributed by atoms with Crippen molar-refractivity contribution in [1.82, 2.24) is 0 Å². The molecule has 0 aliphatic rings. The van der Waals surface area contributed by atoms with Gasteiger partial charge in [-0.05, 0) is 12.1 Å². The average Bonchev–Trinajstić information content (AvgIpc) is 2.27. The number of carboxylic acids is 1. The molecule has 4 nitrogen and oxygen atoms in total. The maximum Gasteiger partial charge on any atom is 0.338 e. The Bertz CT molecular complexity index is 327. The minimum atomic E-state index is -0.883. The van der Waals surface area contributed by atoms with Gasteiger partial charge in [0, 0.05) is 0 Å². The number of hydrogen-bond donors (Lipinski definition) is 1. The zero-order valence-electron chi connectivity index (χ0n) is 7.94. The van der Waals surface area contributed by atoms with Crippen LogP contribution in [0, 0.1) is 0 Å². The molecule has 0 aliphatic heterocycles. The van der Waals surface area contributed by atoms with Gasteiger partial charge in [0.1, 0.15) is 0 Å². The van der Waals surface area contributed by atoms with Gasteiger partial charge in [-0.15, -0.1) is 0 Å². The second-order valence-corrected chi connectivity index (χ2v) is 2.32. The van der Waals surface area contributed by atoms with Crippen molar-refractivity contribution in [2.75, 3.05) is 7.11 Å². The Hall–Kier alpha value is -1.84. The predicted molar refractivity (Wildman–Crippen MR) is 44.7 cm³/mol. The van der Waals surface area contributed by atoms with E-state index in [0.29, 0.717) is 0 Å². The third-order valence-corrected chi connectivity index (χ3v) is 1.55. The Morgan fingerprint density at radius 2 is 2.00 bits per heavy atom. The first-order valence-electron chi connectivity index (χ1n) is 3.96. The summed E-state index contributed by atoms with van der Waals surface area (Å²) in [6.45, 7) is 0. The summed E-state index contributed by atoms with van der Waals surface area (Å²) < 4.78 is 10.9. The average molecular weight is 181 g/mol. The number of esters is 1. The number of carbonyl (C=O) groups is 2. The summed E-state index contributed by atoms with van der Waals surface area (Å²) in [7, 11) is 1.21. The Morgan fingerprint density at radius 1 is 1.38 bits per heavy atom. The molecule has 0 atom stereocenters. The van der Waals surface area contributed by atoms with Gasteiger partial charge in [-0.2, -0.15) is 0 Å². The van der Waals surface area contributed by atoms with E-state index in [2.05, 4.69) is 9.85 Å². The number of hydrogen-bond acceptors (Lipinski definition) is 4. The van der Waals surface area contributed by atoms with Gasteiger partial charge in [0.2, 0.25) is 0 Å². The largest absolute Gasteiger partial charge is 0.478 e. The summed E-state index contributed by atoms with van der Waals surface area (Å²) in [6.07, 6.45) is 0. The highest BCUT2D eigenvalue weighted by molar-refractivity contribution is 6.02. The maximum atomic E-state index is 11.2. The van der Waals surface area contributed by atoms with Crippen LogP contribution in [0.1, 0.15) is 20.7 Å². The summed E-state index contributed by atoms with van der Waals surface area (Å²) in [5.74, 6) is -1.52. The predicted octanol–water partition coefficient (Wildman–Crippen LogP) is 1.17. The van der Waals surface area contributed by atoms with E-state index in [4.69, 9.17) is 1.43 Å². The van der Waals surface area contributed by atoms with Crippen molar-refractivity contribution in [2.24, 2.45) is 0 Å². The summed E-state index contributed by atoms with van der Waals surface area (Å²) in [6, 6.07) is 5.98. The molecule has 1 N–H and O–H groups in total. The van der Waals surface area contributed by atoms with Crippen molar-refractivity contribution in [3.8, 4) is 0 Å². The normalized spacial score (nSPS) is 10.1. The molecule has 0 spiro atoms. The summed E-state index contributed by atoms with van der Waals surface area (Å²) >= 11 is 0. The van der Waals surface area contributed by atoms with Gasteiger partial charge in [-0.3, -0.25) is 0 Å². The topological polar surface area (TPSA) is 63.6 Å². The highest BCUT2D eigenvalue weighted by atomic mass is 16.5. The molecule has 0 saturated heterocycles. The summed E-state index contributed by atoms with van der Waals surface area (Å²) in [5, 5.41) is 3.77. The second kappa shape index (κ2) is 3.71. The van der Waals surface area contributed by atoms with Crippen LogP contribution in [0.5, 0.6) is 0 Å². The first-order chi connectivity index (χ1) is 6.70. The van der Waals surface area contributed by atoms with Crippen LogP contribution in [0.4, 0.5) is 0 Å². The van der Waals surface area contributed by atoms with Crippen LogP contribution in [0.25, 0.3) is 1.43 Å². The molecule has 0 bridgehead atoms. The van der Waals surface area contributed by atoms with E-state index in [1.54, 1.807) is 12.1 Å². The number of methoxy groups -OCH3 is 1. The zero-order valence-corrected chi connectivity index (χ0v) is 6.94. The molecule has 0 fully saturated rings. The van der Waals surface area contributed by atoms with E-state index in [1.807, 2.05) is 0 Å². The lowest BCUT2D eigenvalue weighted by atomic mass is 10.1.